The highest BCUT2D eigenvalue weighted by Crippen LogP contribution is 2.34. The van der Waals surface area contributed by atoms with Crippen LogP contribution < -0.4 is 5.32 Å². The van der Waals surface area contributed by atoms with E-state index >= 15 is 0 Å². The van der Waals surface area contributed by atoms with Gasteiger partial charge in [-0.05, 0) is 70.3 Å². The third-order valence-electron chi connectivity index (χ3n) is 6.54. The lowest BCUT2D eigenvalue weighted by atomic mass is 9.80. The number of ether oxygens (including phenoxy) is 1. The number of hydrogen-bond donors (Lipinski definition) is 2. The van der Waals surface area contributed by atoms with Crippen LogP contribution in [0.3, 0.4) is 0 Å². The monoisotopic (exact) mass is 390 g/mol. The molecule has 0 bridgehead atoms. The fourth-order valence-corrected chi connectivity index (χ4v) is 4.84. The lowest BCUT2D eigenvalue weighted by Gasteiger charge is -2.42. The van der Waals surface area contributed by atoms with E-state index in [9.17, 15) is 4.79 Å². The molecule has 2 heterocycles. The second-order valence-corrected chi connectivity index (χ2v) is 9.24. The SMILES string of the molecule is CC(C)NC(=O)N1CCC[C@H](c2ccn[nH]2)[C@@H]1COC1CCC(C(C)C)CC1. The number of aromatic amines is 1. The predicted octanol–water partition coefficient (Wildman–Crippen LogP) is 4.31. The van der Waals surface area contributed by atoms with Gasteiger partial charge in [0.25, 0.3) is 0 Å². The highest BCUT2D eigenvalue weighted by Gasteiger charge is 2.37. The number of amides is 2. The molecule has 2 aliphatic rings. The van der Waals surface area contributed by atoms with Gasteiger partial charge in [-0.25, -0.2) is 4.79 Å². The number of urea groups is 1. The van der Waals surface area contributed by atoms with Crippen LogP contribution in [-0.2, 0) is 4.74 Å². The van der Waals surface area contributed by atoms with Crippen LogP contribution in [0.25, 0.3) is 0 Å². The van der Waals surface area contributed by atoms with Crippen molar-refractivity contribution in [3.8, 4) is 0 Å². The zero-order chi connectivity index (χ0) is 20.1. The molecule has 1 aliphatic heterocycles. The maximum atomic E-state index is 12.8. The fraction of sp³-hybridized carbons (Fsp3) is 0.818. The molecule has 2 atom stereocenters. The van der Waals surface area contributed by atoms with Gasteiger partial charge in [-0.1, -0.05) is 13.8 Å². The second-order valence-electron chi connectivity index (χ2n) is 9.24. The van der Waals surface area contributed by atoms with Gasteiger partial charge in [-0.3, -0.25) is 5.10 Å². The van der Waals surface area contributed by atoms with Gasteiger partial charge < -0.3 is 15.0 Å². The molecule has 6 nitrogen and oxygen atoms in total. The Morgan fingerprint density at radius 2 is 2.00 bits per heavy atom. The molecule has 0 spiro atoms. The van der Waals surface area contributed by atoms with Crippen molar-refractivity contribution in [3.63, 3.8) is 0 Å². The summed E-state index contributed by atoms with van der Waals surface area (Å²) in [5, 5.41) is 10.3. The molecule has 6 heteroatoms. The molecule has 1 saturated carbocycles. The Kier molecular flexibility index (Phi) is 7.38. The van der Waals surface area contributed by atoms with E-state index in [1.165, 1.54) is 12.8 Å². The van der Waals surface area contributed by atoms with Gasteiger partial charge in [0.2, 0.25) is 0 Å². The molecular weight excluding hydrogens is 352 g/mol. The molecule has 28 heavy (non-hydrogen) atoms. The zero-order valence-corrected chi connectivity index (χ0v) is 18.0. The Balaban J connectivity index is 1.65. The van der Waals surface area contributed by atoms with E-state index in [2.05, 4.69) is 29.4 Å². The Labute approximate surface area is 169 Å². The van der Waals surface area contributed by atoms with Crippen LogP contribution in [0.1, 0.15) is 77.8 Å². The van der Waals surface area contributed by atoms with Crippen molar-refractivity contribution in [3.05, 3.63) is 18.0 Å². The second kappa shape index (κ2) is 9.77. The van der Waals surface area contributed by atoms with E-state index in [-0.39, 0.29) is 24.0 Å². The molecule has 158 valence electrons. The highest BCUT2D eigenvalue weighted by atomic mass is 16.5. The van der Waals surface area contributed by atoms with Gasteiger partial charge in [0, 0.05) is 30.4 Å². The van der Waals surface area contributed by atoms with E-state index in [1.807, 2.05) is 24.8 Å². The number of nitrogens with one attached hydrogen (secondary N) is 2. The first kappa shape index (κ1) is 21.2. The Morgan fingerprint density at radius 1 is 1.25 bits per heavy atom. The first-order chi connectivity index (χ1) is 13.5. The molecule has 1 saturated heterocycles. The number of nitrogens with zero attached hydrogens (tertiary/aromatic N) is 2. The minimum Gasteiger partial charge on any atom is -0.376 e. The number of aromatic nitrogens is 2. The van der Waals surface area contributed by atoms with Crippen LogP contribution in [0, 0.1) is 11.8 Å². The van der Waals surface area contributed by atoms with Crippen LogP contribution in [0.4, 0.5) is 4.79 Å². The molecule has 0 aromatic carbocycles. The van der Waals surface area contributed by atoms with Crippen molar-refractivity contribution >= 4 is 6.03 Å². The summed E-state index contributed by atoms with van der Waals surface area (Å²) >= 11 is 0. The summed E-state index contributed by atoms with van der Waals surface area (Å²) in [6.07, 6.45) is 8.99. The van der Waals surface area contributed by atoms with E-state index < -0.39 is 0 Å². The van der Waals surface area contributed by atoms with Gasteiger partial charge in [0.1, 0.15) is 0 Å². The maximum Gasteiger partial charge on any atom is 0.317 e. The maximum absolute atomic E-state index is 12.8. The average Bonchev–Trinajstić information content (AvgIpc) is 3.20. The summed E-state index contributed by atoms with van der Waals surface area (Å²) in [4.78, 5) is 14.8. The number of likely N-dealkylation sites (tertiary alicyclic amines) is 1. The van der Waals surface area contributed by atoms with Crippen molar-refractivity contribution in [2.24, 2.45) is 11.8 Å². The lowest BCUT2D eigenvalue weighted by Crippen LogP contribution is -2.54. The quantitative estimate of drug-likeness (QED) is 0.760. The molecule has 0 unspecified atom stereocenters. The Bertz CT molecular complexity index is 594. The van der Waals surface area contributed by atoms with Crippen molar-refractivity contribution in [2.75, 3.05) is 13.2 Å². The number of hydrogen-bond acceptors (Lipinski definition) is 3. The molecule has 1 aliphatic carbocycles. The minimum absolute atomic E-state index is 0.0244. The number of piperidine rings is 1. The summed E-state index contributed by atoms with van der Waals surface area (Å²) in [5.74, 6) is 1.85. The summed E-state index contributed by atoms with van der Waals surface area (Å²) < 4.78 is 6.41. The van der Waals surface area contributed by atoms with Gasteiger partial charge in [-0.15, -0.1) is 0 Å². The molecule has 3 rings (SSSR count). The number of carbonyl (C=O) groups is 1. The standard InChI is InChI=1S/C22H38N4O2/c1-15(2)17-7-9-18(10-8-17)28-14-21-19(20-11-12-23-25-20)6-5-13-26(21)22(27)24-16(3)4/h11-12,15-19,21H,5-10,13-14H2,1-4H3,(H,23,25)(H,24,27)/t17?,18?,19-,21+/m1/s1. The zero-order valence-electron chi connectivity index (χ0n) is 18.0. The summed E-state index contributed by atoms with van der Waals surface area (Å²) in [6, 6.07) is 2.25. The van der Waals surface area contributed by atoms with Gasteiger partial charge in [-0.2, -0.15) is 5.10 Å². The summed E-state index contributed by atoms with van der Waals surface area (Å²) in [5.41, 5.74) is 1.11. The number of rotatable bonds is 6. The molecule has 1 aromatic rings. The van der Waals surface area contributed by atoms with E-state index in [0.29, 0.717) is 12.7 Å². The van der Waals surface area contributed by atoms with Gasteiger partial charge in [0.15, 0.2) is 0 Å². The van der Waals surface area contributed by atoms with E-state index in [0.717, 1.165) is 49.8 Å². The van der Waals surface area contributed by atoms with Crippen LogP contribution in [-0.4, -0.2) is 52.5 Å². The third kappa shape index (κ3) is 5.28. The third-order valence-corrected chi connectivity index (χ3v) is 6.54. The molecule has 2 N–H and O–H groups in total. The smallest absolute Gasteiger partial charge is 0.317 e. The lowest BCUT2D eigenvalue weighted by molar-refractivity contribution is -0.0240. The number of H-pyrrole nitrogens is 1. The van der Waals surface area contributed by atoms with Crippen molar-refractivity contribution in [1.82, 2.24) is 20.4 Å². The Hall–Kier alpha value is -1.56. The molecule has 1 aromatic heterocycles. The predicted molar refractivity (Wildman–Crippen MR) is 111 cm³/mol. The van der Waals surface area contributed by atoms with Crippen LogP contribution in [0.15, 0.2) is 12.3 Å². The van der Waals surface area contributed by atoms with E-state index in [4.69, 9.17) is 4.74 Å². The van der Waals surface area contributed by atoms with Crippen molar-refractivity contribution < 1.29 is 9.53 Å². The normalized spacial score (nSPS) is 28.7. The van der Waals surface area contributed by atoms with Crippen molar-refractivity contribution in [2.45, 2.75) is 90.3 Å². The Morgan fingerprint density at radius 3 is 2.61 bits per heavy atom. The van der Waals surface area contributed by atoms with Crippen LogP contribution in [0.5, 0.6) is 0 Å². The van der Waals surface area contributed by atoms with Gasteiger partial charge in [0.05, 0.1) is 18.8 Å². The first-order valence-corrected chi connectivity index (χ1v) is 11.1. The summed E-state index contributed by atoms with van der Waals surface area (Å²) in [6.45, 7) is 10.1. The molecule has 2 fully saturated rings. The van der Waals surface area contributed by atoms with Gasteiger partial charge >= 0.3 is 6.03 Å². The molecule has 0 radical (unpaired) electrons. The fourth-order valence-electron chi connectivity index (χ4n) is 4.84. The van der Waals surface area contributed by atoms with Crippen LogP contribution in [0.2, 0.25) is 0 Å². The largest absolute Gasteiger partial charge is 0.376 e. The van der Waals surface area contributed by atoms with Crippen molar-refractivity contribution in [1.29, 1.82) is 0 Å². The highest BCUT2D eigenvalue weighted by molar-refractivity contribution is 5.75. The number of carbonyl (C=O) groups excluding carboxylic acids is 1. The first-order valence-electron chi connectivity index (χ1n) is 11.1. The average molecular weight is 391 g/mol. The van der Waals surface area contributed by atoms with Crippen LogP contribution >= 0.6 is 0 Å². The topological polar surface area (TPSA) is 70.2 Å². The minimum atomic E-state index is 0.0244. The van der Waals surface area contributed by atoms with E-state index in [1.54, 1.807) is 6.20 Å². The summed E-state index contributed by atoms with van der Waals surface area (Å²) in [7, 11) is 0. The molecule has 2 amide bonds. The molecular formula is C22H38N4O2.